The van der Waals surface area contributed by atoms with Gasteiger partial charge < -0.3 is 14.0 Å². The molecule has 184 valence electrons. The summed E-state index contributed by atoms with van der Waals surface area (Å²) in [4.78, 5) is 20.3. The normalized spacial score (nSPS) is 13.8. The summed E-state index contributed by atoms with van der Waals surface area (Å²) in [5.74, 6) is -2.36. The lowest BCUT2D eigenvalue weighted by molar-refractivity contribution is -0.160. The number of ether oxygens (including phenoxy) is 1. The molecule has 3 rings (SSSR count). The predicted molar refractivity (Wildman–Crippen MR) is 119 cm³/mol. The Morgan fingerprint density at radius 2 is 1.88 bits per heavy atom. The lowest BCUT2D eigenvalue weighted by Crippen LogP contribution is -2.31. The van der Waals surface area contributed by atoms with Gasteiger partial charge in [0.05, 0.1) is 15.8 Å². The molecular weight excluding hydrogens is 521 g/mol. The highest BCUT2D eigenvalue weighted by Crippen LogP contribution is 2.45. The number of aromatic nitrogens is 2. The quantitative estimate of drug-likeness (QED) is 0.249. The van der Waals surface area contributed by atoms with Gasteiger partial charge in [0.15, 0.2) is 11.9 Å². The number of thiazole rings is 1. The van der Waals surface area contributed by atoms with Crippen LogP contribution in [0.1, 0.15) is 38.0 Å². The van der Waals surface area contributed by atoms with Crippen molar-refractivity contribution in [3.05, 3.63) is 40.7 Å². The fourth-order valence-corrected chi connectivity index (χ4v) is 4.74. The van der Waals surface area contributed by atoms with Gasteiger partial charge in [-0.3, -0.25) is 0 Å². The Morgan fingerprint density at radius 3 is 2.41 bits per heavy atom. The summed E-state index contributed by atoms with van der Waals surface area (Å²) in [5, 5.41) is 10.2. The third-order valence-electron chi connectivity index (χ3n) is 4.29. The highest BCUT2D eigenvalue weighted by Gasteiger charge is 2.49. The van der Waals surface area contributed by atoms with Gasteiger partial charge in [-0.1, -0.05) is 11.6 Å². The molecule has 0 amide bonds. The number of nitrogens with zero attached hydrogens (tertiary/aromatic N) is 2. The van der Waals surface area contributed by atoms with Crippen molar-refractivity contribution in [2.45, 2.75) is 44.9 Å². The molecule has 1 aromatic carbocycles. The highest BCUT2D eigenvalue weighted by molar-refractivity contribution is 7.88. The number of carboxylic acids is 1. The first-order chi connectivity index (χ1) is 15.5. The van der Waals surface area contributed by atoms with Crippen molar-refractivity contribution >= 4 is 49.2 Å². The summed E-state index contributed by atoms with van der Waals surface area (Å²) < 4.78 is 73.5. The number of carboxylic acid groups (broad SMARTS) is 1. The molecular formula is C20H18ClF3N2O6S2. The smallest absolute Gasteiger partial charge is 0.479 e. The van der Waals surface area contributed by atoms with E-state index in [4.69, 9.17) is 16.3 Å². The second-order valence-electron chi connectivity index (χ2n) is 8.10. The lowest BCUT2D eigenvalue weighted by atomic mass is 10.0. The van der Waals surface area contributed by atoms with Crippen molar-refractivity contribution in [3.63, 3.8) is 0 Å². The Bertz CT molecular complexity index is 1370. The monoisotopic (exact) mass is 538 g/mol. The topological polar surface area (TPSA) is 116 Å². The maximum absolute atomic E-state index is 13.2. The molecule has 3 aromatic rings. The van der Waals surface area contributed by atoms with E-state index in [2.05, 4.69) is 14.2 Å². The Kier molecular flexibility index (Phi) is 6.88. The Morgan fingerprint density at radius 1 is 1.24 bits per heavy atom. The second kappa shape index (κ2) is 8.95. The SMILES string of the molecule is Cc1cc2nc(-c3ccnc(Cl)c3)sc2c(OS(=O)(=O)C(F)(F)F)c1C(OC(C)(C)C)C(=O)O. The molecule has 1 N–H and O–H groups in total. The maximum Gasteiger partial charge on any atom is 0.534 e. The van der Waals surface area contributed by atoms with Crippen molar-refractivity contribution in [1.82, 2.24) is 9.97 Å². The van der Waals surface area contributed by atoms with Gasteiger partial charge in [0.1, 0.15) is 10.2 Å². The van der Waals surface area contributed by atoms with Gasteiger partial charge in [-0.15, -0.1) is 11.3 Å². The van der Waals surface area contributed by atoms with Crippen molar-refractivity contribution < 1.29 is 40.4 Å². The molecule has 34 heavy (non-hydrogen) atoms. The molecule has 0 aliphatic carbocycles. The summed E-state index contributed by atoms with van der Waals surface area (Å²) in [7, 11) is -6.15. The number of fused-ring (bicyclic) bond motifs is 1. The molecule has 0 aliphatic heterocycles. The zero-order chi connectivity index (χ0) is 25.6. The van der Waals surface area contributed by atoms with Crippen molar-refractivity contribution in [2.75, 3.05) is 0 Å². The summed E-state index contributed by atoms with van der Waals surface area (Å²) in [6.45, 7) is 6.03. The van der Waals surface area contributed by atoms with Gasteiger partial charge in [0.2, 0.25) is 0 Å². The van der Waals surface area contributed by atoms with Crippen LogP contribution in [-0.2, 0) is 19.6 Å². The predicted octanol–water partition coefficient (Wildman–Crippen LogP) is 5.49. The van der Waals surface area contributed by atoms with E-state index in [1.807, 2.05) is 0 Å². The minimum Gasteiger partial charge on any atom is -0.479 e. The number of carbonyl (C=O) groups is 1. The lowest BCUT2D eigenvalue weighted by Gasteiger charge is -2.27. The van der Waals surface area contributed by atoms with Gasteiger partial charge >= 0.3 is 21.6 Å². The Labute approximate surface area is 201 Å². The zero-order valence-electron chi connectivity index (χ0n) is 18.1. The third-order valence-corrected chi connectivity index (χ3v) is 6.57. The van der Waals surface area contributed by atoms with Crippen molar-refractivity contribution in [3.8, 4) is 16.3 Å². The first-order valence-electron chi connectivity index (χ1n) is 9.47. The van der Waals surface area contributed by atoms with Crippen LogP contribution in [0.25, 0.3) is 20.8 Å². The number of rotatable bonds is 6. The minimum atomic E-state index is -6.15. The highest BCUT2D eigenvalue weighted by atomic mass is 35.5. The number of benzene rings is 1. The third kappa shape index (κ3) is 5.43. The molecule has 0 saturated heterocycles. The summed E-state index contributed by atoms with van der Waals surface area (Å²) in [5.41, 5.74) is -6.49. The molecule has 0 saturated carbocycles. The molecule has 0 spiro atoms. The molecule has 1 unspecified atom stereocenters. The van der Waals surface area contributed by atoms with Crippen LogP contribution in [0.2, 0.25) is 5.15 Å². The molecule has 0 radical (unpaired) electrons. The van der Waals surface area contributed by atoms with Crippen LogP contribution in [0.4, 0.5) is 13.2 Å². The van der Waals surface area contributed by atoms with E-state index in [1.165, 1.54) is 25.3 Å². The number of aryl methyl sites for hydroxylation is 1. The van der Waals surface area contributed by atoms with Gasteiger partial charge in [0, 0.05) is 17.3 Å². The minimum absolute atomic E-state index is 0.0986. The number of hydrogen-bond donors (Lipinski definition) is 1. The van der Waals surface area contributed by atoms with Crippen LogP contribution in [0.5, 0.6) is 5.75 Å². The van der Waals surface area contributed by atoms with Crippen LogP contribution >= 0.6 is 22.9 Å². The summed E-state index contributed by atoms with van der Waals surface area (Å²) >= 11 is 6.71. The summed E-state index contributed by atoms with van der Waals surface area (Å²) in [6, 6.07) is 4.43. The first kappa shape index (κ1) is 26.1. The molecule has 1 atom stereocenters. The summed E-state index contributed by atoms with van der Waals surface area (Å²) in [6.07, 6.45) is -0.437. The maximum atomic E-state index is 13.2. The van der Waals surface area contributed by atoms with E-state index >= 15 is 0 Å². The first-order valence-corrected chi connectivity index (χ1v) is 12.1. The molecule has 0 aliphatic rings. The molecule has 0 fully saturated rings. The molecule has 2 heterocycles. The fraction of sp³-hybridized carbons (Fsp3) is 0.350. The largest absolute Gasteiger partial charge is 0.534 e. The zero-order valence-corrected chi connectivity index (χ0v) is 20.5. The van der Waals surface area contributed by atoms with Crippen LogP contribution in [0, 0.1) is 6.92 Å². The van der Waals surface area contributed by atoms with Crippen LogP contribution < -0.4 is 4.18 Å². The average molecular weight is 539 g/mol. The van der Waals surface area contributed by atoms with E-state index < -0.39 is 39.1 Å². The van der Waals surface area contributed by atoms with Gasteiger partial charge in [0.25, 0.3) is 0 Å². The van der Waals surface area contributed by atoms with Crippen molar-refractivity contribution in [2.24, 2.45) is 0 Å². The van der Waals surface area contributed by atoms with Crippen LogP contribution in [0.3, 0.4) is 0 Å². The van der Waals surface area contributed by atoms with E-state index in [-0.39, 0.29) is 31.5 Å². The van der Waals surface area contributed by atoms with E-state index in [0.29, 0.717) is 5.56 Å². The van der Waals surface area contributed by atoms with Crippen LogP contribution in [0.15, 0.2) is 24.4 Å². The number of hydrogen-bond acceptors (Lipinski definition) is 8. The van der Waals surface area contributed by atoms with Gasteiger partial charge in [-0.2, -0.15) is 21.6 Å². The molecule has 2 aromatic heterocycles. The Hall–Kier alpha value is -2.48. The number of halogens is 4. The van der Waals surface area contributed by atoms with Gasteiger partial charge in [-0.25, -0.2) is 14.8 Å². The van der Waals surface area contributed by atoms with E-state index in [9.17, 15) is 31.5 Å². The number of aliphatic carboxylic acids is 1. The number of pyridine rings is 1. The fourth-order valence-electron chi connectivity index (χ4n) is 2.99. The standard InChI is InChI=1S/C20H18ClF3N2O6S2/c1-9-7-11-16(33-17(26-11)10-5-6-25-12(21)8-10)14(32-34(29,30)20(22,23)24)13(9)15(18(27)28)31-19(2,3)4/h5-8,15H,1-4H3,(H,27,28). The molecule has 14 heteroatoms. The van der Waals surface area contributed by atoms with Crippen LogP contribution in [-0.4, -0.2) is 40.6 Å². The van der Waals surface area contributed by atoms with Gasteiger partial charge in [-0.05, 0) is 51.5 Å². The number of alkyl halides is 3. The van der Waals surface area contributed by atoms with Crippen molar-refractivity contribution in [1.29, 1.82) is 0 Å². The second-order valence-corrected chi connectivity index (χ2v) is 11.0. The molecule has 8 nitrogen and oxygen atoms in total. The Balaban J connectivity index is 2.36. The molecule has 0 bridgehead atoms. The van der Waals surface area contributed by atoms with E-state index in [0.717, 1.165) is 11.3 Å². The average Bonchev–Trinajstić information content (AvgIpc) is 3.08. The van der Waals surface area contributed by atoms with E-state index in [1.54, 1.807) is 26.8 Å².